The van der Waals surface area contributed by atoms with Crippen LogP contribution >= 0.6 is 0 Å². The molecule has 2 N–H and O–H groups in total. The van der Waals surface area contributed by atoms with E-state index in [0.717, 1.165) is 22.2 Å². The highest BCUT2D eigenvalue weighted by Gasteiger charge is 2.26. The zero-order valence-corrected chi connectivity index (χ0v) is 19.5. The van der Waals surface area contributed by atoms with Gasteiger partial charge in [-0.2, -0.15) is 0 Å². The summed E-state index contributed by atoms with van der Waals surface area (Å²) in [4.78, 5) is 29.4. The van der Waals surface area contributed by atoms with E-state index in [2.05, 4.69) is 10.3 Å². The van der Waals surface area contributed by atoms with Crippen molar-refractivity contribution in [3.63, 3.8) is 0 Å². The van der Waals surface area contributed by atoms with Crippen molar-refractivity contribution in [3.05, 3.63) is 78.0 Å². The molecule has 1 unspecified atom stereocenters. The van der Waals surface area contributed by atoms with Crippen molar-refractivity contribution in [3.8, 4) is 11.5 Å². The normalized spacial score (nSPS) is 14.1. The molecule has 9 nitrogen and oxygen atoms in total. The van der Waals surface area contributed by atoms with E-state index in [-0.39, 0.29) is 18.7 Å². The second kappa shape index (κ2) is 9.17. The average molecular weight is 475 g/mol. The molecule has 0 saturated heterocycles. The van der Waals surface area contributed by atoms with Crippen LogP contribution in [0.5, 0.6) is 11.5 Å². The summed E-state index contributed by atoms with van der Waals surface area (Å²) in [6.45, 7) is 2.09. The van der Waals surface area contributed by atoms with E-state index in [0.29, 0.717) is 29.9 Å². The monoisotopic (exact) mass is 474 g/mol. The van der Waals surface area contributed by atoms with Crippen molar-refractivity contribution < 1.29 is 24.2 Å². The van der Waals surface area contributed by atoms with Crippen molar-refractivity contribution in [2.45, 2.75) is 31.7 Å². The number of nitrogens with one attached hydrogen (secondary N) is 1. The lowest BCUT2D eigenvalue weighted by atomic mass is 9.92. The minimum Gasteiger partial charge on any atom is -0.464 e. The van der Waals surface area contributed by atoms with E-state index in [1.54, 1.807) is 24.8 Å². The Bertz CT molecular complexity index is 1410. The van der Waals surface area contributed by atoms with Gasteiger partial charge in [-0.3, -0.25) is 9.36 Å². The Morgan fingerprint density at radius 2 is 1.94 bits per heavy atom. The first-order chi connectivity index (χ1) is 16.9. The summed E-state index contributed by atoms with van der Waals surface area (Å²) in [5.41, 5.74) is 3.24. The smallest absolute Gasteiger partial charge is 0.416 e. The van der Waals surface area contributed by atoms with Gasteiger partial charge in [0, 0.05) is 43.0 Å². The second-order valence-corrected chi connectivity index (χ2v) is 8.80. The predicted octanol–water partition coefficient (Wildman–Crippen LogP) is 3.70. The van der Waals surface area contributed by atoms with E-state index in [4.69, 9.17) is 9.47 Å². The van der Waals surface area contributed by atoms with E-state index in [1.165, 1.54) is 4.57 Å². The molecule has 2 atom stereocenters. The van der Waals surface area contributed by atoms with Gasteiger partial charge in [0.1, 0.15) is 0 Å². The lowest BCUT2D eigenvalue weighted by Crippen LogP contribution is -2.38. The van der Waals surface area contributed by atoms with Gasteiger partial charge in [-0.15, -0.1) is 0 Å². The highest BCUT2D eigenvalue weighted by atomic mass is 16.7. The van der Waals surface area contributed by atoms with Crippen LogP contribution in [0.4, 0.5) is 4.79 Å². The number of fused-ring (bicyclic) bond motifs is 2. The van der Waals surface area contributed by atoms with Crippen LogP contribution in [0.25, 0.3) is 10.9 Å². The topological polar surface area (TPSA) is 108 Å². The highest BCUT2D eigenvalue weighted by molar-refractivity contribution is 5.91. The number of ether oxygens (including phenoxy) is 2. The first kappa shape index (κ1) is 22.5. The standard InChI is InChI=1S/C26H26N4O5/c1-16(9-18-13-30(26(32)33)22-6-4-3-5-20(18)22)28-25(31)21(11-19-12-27-14-29(19)2)17-7-8-23-24(10-17)35-15-34-23/h3-8,10,12-14,16,21H,9,11,15H2,1-2H3,(H,28,31)(H,32,33)/t16-,21?/m1/s1. The van der Waals surface area contributed by atoms with Crippen LogP contribution in [-0.4, -0.2) is 44.1 Å². The van der Waals surface area contributed by atoms with Crippen molar-refractivity contribution in [1.29, 1.82) is 0 Å². The van der Waals surface area contributed by atoms with Gasteiger partial charge < -0.3 is 24.5 Å². The fourth-order valence-corrected chi connectivity index (χ4v) is 4.58. The zero-order chi connectivity index (χ0) is 24.5. The number of hydrogen-bond acceptors (Lipinski definition) is 5. The number of para-hydroxylation sites is 1. The highest BCUT2D eigenvalue weighted by Crippen LogP contribution is 2.35. The molecule has 0 saturated carbocycles. The SMILES string of the molecule is C[C@H](Cc1cn(C(=O)O)c2ccccc12)NC(=O)C(Cc1cncn1C)c1ccc2c(c1)OCO2. The molecule has 0 fully saturated rings. The van der Waals surface area contributed by atoms with Crippen LogP contribution in [-0.2, 0) is 24.7 Å². The number of nitrogens with zero attached hydrogens (tertiary/aromatic N) is 3. The Morgan fingerprint density at radius 1 is 1.14 bits per heavy atom. The molecular formula is C26H26N4O5. The number of hydrogen-bond donors (Lipinski definition) is 2. The summed E-state index contributed by atoms with van der Waals surface area (Å²) >= 11 is 0. The van der Waals surface area contributed by atoms with Gasteiger partial charge in [0.05, 0.1) is 17.8 Å². The molecule has 9 heteroatoms. The quantitative estimate of drug-likeness (QED) is 0.423. The van der Waals surface area contributed by atoms with E-state index >= 15 is 0 Å². The molecule has 1 aliphatic heterocycles. The number of aromatic nitrogens is 3. The summed E-state index contributed by atoms with van der Waals surface area (Å²) in [5, 5.41) is 13.5. The van der Waals surface area contributed by atoms with Gasteiger partial charge in [0.15, 0.2) is 11.5 Å². The summed E-state index contributed by atoms with van der Waals surface area (Å²) in [6, 6.07) is 12.7. The number of carbonyl (C=O) groups excluding carboxylic acids is 1. The van der Waals surface area contributed by atoms with Crippen LogP contribution < -0.4 is 14.8 Å². The molecule has 0 spiro atoms. The maximum Gasteiger partial charge on any atom is 0.416 e. The van der Waals surface area contributed by atoms with Gasteiger partial charge >= 0.3 is 6.09 Å². The molecule has 0 bridgehead atoms. The lowest BCUT2D eigenvalue weighted by Gasteiger charge is -2.21. The third-order valence-corrected chi connectivity index (χ3v) is 6.36. The molecule has 2 aromatic carbocycles. The first-order valence-electron chi connectivity index (χ1n) is 11.4. The summed E-state index contributed by atoms with van der Waals surface area (Å²) < 4.78 is 14.1. The molecule has 180 valence electrons. The zero-order valence-electron chi connectivity index (χ0n) is 19.5. The number of rotatable bonds is 7. The van der Waals surface area contributed by atoms with Crippen molar-refractivity contribution in [1.82, 2.24) is 19.4 Å². The van der Waals surface area contributed by atoms with Crippen molar-refractivity contribution >= 4 is 22.9 Å². The first-order valence-corrected chi connectivity index (χ1v) is 11.4. The Balaban J connectivity index is 1.38. The minimum atomic E-state index is -1.04. The molecule has 1 amide bonds. The van der Waals surface area contributed by atoms with Crippen LogP contribution in [0.3, 0.4) is 0 Å². The fraction of sp³-hybridized carbons (Fsp3) is 0.269. The maximum atomic E-state index is 13.5. The second-order valence-electron chi connectivity index (χ2n) is 8.80. The number of imidazole rings is 1. The summed E-state index contributed by atoms with van der Waals surface area (Å²) in [6.07, 6.45) is 5.02. The Hall–Kier alpha value is -4.27. The Labute approximate surface area is 201 Å². The Morgan fingerprint density at radius 3 is 2.71 bits per heavy atom. The third-order valence-electron chi connectivity index (χ3n) is 6.36. The van der Waals surface area contributed by atoms with Crippen molar-refractivity contribution in [2.24, 2.45) is 7.05 Å². The fourth-order valence-electron chi connectivity index (χ4n) is 4.58. The van der Waals surface area contributed by atoms with Gasteiger partial charge in [-0.1, -0.05) is 24.3 Å². The molecule has 2 aromatic heterocycles. The predicted molar refractivity (Wildman–Crippen MR) is 129 cm³/mol. The molecule has 1 aliphatic rings. The van der Waals surface area contributed by atoms with Crippen molar-refractivity contribution in [2.75, 3.05) is 6.79 Å². The van der Waals surface area contributed by atoms with E-state index in [1.807, 2.05) is 54.9 Å². The third kappa shape index (κ3) is 4.44. The molecule has 3 heterocycles. The lowest BCUT2D eigenvalue weighted by molar-refractivity contribution is -0.123. The van der Waals surface area contributed by atoms with E-state index < -0.39 is 12.0 Å². The van der Waals surface area contributed by atoms with Gasteiger partial charge in [0.25, 0.3) is 0 Å². The van der Waals surface area contributed by atoms with E-state index in [9.17, 15) is 14.7 Å². The molecule has 4 aromatic rings. The number of amides is 1. The molecule has 5 rings (SSSR count). The molecular weight excluding hydrogens is 448 g/mol. The number of benzene rings is 2. The van der Waals surface area contributed by atoms with Gasteiger partial charge in [-0.05, 0) is 42.7 Å². The van der Waals surface area contributed by atoms with Crippen LogP contribution in [0, 0.1) is 0 Å². The van der Waals surface area contributed by atoms with Crippen LogP contribution in [0.1, 0.15) is 29.7 Å². The van der Waals surface area contributed by atoms with Crippen LogP contribution in [0.2, 0.25) is 0 Å². The van der Waals surface area contributed by atoms with Gasteiger partial charge in [-0.25, -0.2) is 9.78 Å². The largest absolute Gasteiger partial charge is 0.464 e. The average Bonchev–Trinajstić information content (AvgIpc) is 3.56. The van der Waals surface area contributed by atoms with Crippen LogP contribution in [0.15, 0.2) is 61.2 Å². The number of carboxylic acid groups (broad SMARTS) is 1. The number of carbonyl (C=O) groups is 2. The summed E-state index contributed by atoms with van der Waals surface area (Å²) in [5.74, 6) is 0.693. The summed E-state index contributed by atoms with van der Waals surface area (Å²) in [7, 11) is 1.90. The number of aryl methyl sites for hydroxylation is 1. The molecule has 0 radical (unpaired) electrons. The molecule has 35 heavy (non-hydrogen) atoms. The Kier molecular flexibility index (Phi) is 5.90. The maximum absolute atomic E-state index is 13.5. The van der Waals surface area contributed by atoms with Gasteiger partial charge in [0.2, 0.25) is 12.7 Å². The molecule has 0 aliphatic carbocycles. The minimum absolute atomic E-state index is 0.125.